The minimum absolute atomic E-state index is 0.0876. The van der Waals surface area contributed by atoms with Crippen molar-refractivity contribution in [1.82, 2.24) is 4.98 Å². The first-order valence-corrected chi connectivity index (χ1v) is 4.56. The first-order chi connectivity index (χ1) is 7.47. The Morgan fingerprint density at radius 2 is 2.12 bits per heavy atom. The van der Waals surface area contributed by atoms with Gasteiger partial charge in [0.05, 0.1) is 17.2 Å². The van der Waals surface area contributed by atoms with Crippen molar-refractivity contribution in [2.75, 3.05) is 6.61 Å². The molecule has 0 saturated carbocycles. The molecule has 2 atom stereocenters. The number of aryl methyl sites for hydroxylation is 1. The summed E-state index contributed by atoms with van der Waals surface area (Å²) in [5.41, 5.74) is 0.0748. The van der Waals surface area contributed by atoms with E-state index in [1.54, 1.807) is 0 Å². The van der Waals surface area contributed by atoms with E-state index in [4.69, 9.17) is 5.11 Å². The number of hydrogen-bond donors (Lipinski definition) is 3. The van der Waals surface area contributed by atoms with Gasteiger partial charge in [-0.3, -0.25) is 10.1 Å². The SMILES string of the molecule is Cc1nc(C(O)C(O)CO)ccc1[N+](=O)[O-]. The summed E-state index contributed by atoms with van der Waals surface area (Å²) in [6, 6.07) is 2.44. The summed E-state index contributed by atoms with van der Waals surface area (Å²) in [5.74, 6) is 0. The minimum Gasteiger partial charge on any atom is -0.394 e. The van der Waals surface area contributed by atoms with E-state index < -0.39 is 23.7 Å². The van der Waals surface area contributed by atoms with E-state index in [9.17, 15) is 20.3 Å². The molecule has 0 amide bonds. The van der Waals surface area contributed by atoms with Crippen LogP contribution >= 0.6 is 0 Å². The molecule has 0 aliphatic heterocycles. The van der Waals surface area contributed by atoms with Crippen molar-refractivity contribution in [3.8, 4) is 0 Å². The van der Waals surface area contributed by atoms with Crippen molar-refractivity contribution in [2.45, 2.75) is 19.1 Å². The third-order valence-electron chi connectivity index (χ3n) is 2.13. The van der Waals surface area contributed by atoms with E-state index in [0.29, 0.717) is 0 Å². The second-order valence-corrected chi connectivity index (χ2v) is 3.29. The van der Waals surface area contributed by atoms with Gasteiger partial charge in [0.15, 0.2) is 0 Å². The van der Waals surface area contributed by atoms with Crippen molar-refractivity contribution in [3.05, 3.63) is 33.6 Å². The fourth-order valence-electron chi connectivity index (χ4n) is 1.23. The average molecular weight is 228 g/mol. The zero-order valence-corrected chi connectivity index (χ0v) is 8.57. The molecule has 0 aliphatic carbocycles. The number of nitro groups is 1. The molecule has 88 valence electrons. The molecular formula is C9H12N2O5. The van der Waals surface area contributed by atoms with Gasteiger partial charge in [0.1, 0.15) is 17.9 Å². The monoisotopic (exact) mass is 228 g/mol. The molecule has 0 fully saturated rings. The number of aromatic nitrogens is 1. The second-order valence-electron chi connectivity index (χ2n) is 3.29. The molecule has 0 aromatic carbocycles. The molecule has 0 radical (unpaired) electrons. The third kappa shape index (κ3) is 2.51. The fraction of sp³-hybridized carbons (Fsp3) is 0.444. The number of nitrogens with zero attached hydrogens (tertiary/aromatic N) is 2. The zero-order valence-electron chi connectivity index (χ0n) is 8.57. The molecule has 0 aliphatic rings. The highest BCUT2D eigenvalue weighted by molar-refractivity contribution is 5.35. The molecule has 3 N–H and O–H groups in total. The van der Waals surface area contributed by atoms with E-state index in [0.717, 1.165) is 0 Å². The predicted molar refractivity (Wildman–Crippen MR) is 53.7 cm³/mol. The van der Waals surface area contributed by atoms with Crippen LogP contribution in [0, 0.1) is 17.0 Å². The van der Waals surface area contributed by atoms with Crippen molar-refractivity contribution in [1.29, 1.82) is 0 Å². The lowest BCUT2D eigenvalue weighted by atomic mass is 10.1. The van der Waals surface area contributed by atoms with Gasteiger partial charge >= 0.3 is 0 Å². The third-order valence-corrected chi connectivity index (χ3v) is 2.13. The van der Waals surface area contributed by atoms with Crippen LogP contribution in [0.25, 0.3) is 0 Å². The van der Waals surface area contributed by atoms with Gasteiger partial charge in [0.2, 0.25) is 0 Å². The Hall–Kier alpha value is -1.57. The Balaban J connectivity index is 3.01. The lowest BCUT2D eigenvalue weighted by Crippen LogP contribution is -2.23. The molecule has 16 heavy (non-hydrogen) atoms. The standard InChI is InChI=1S/C9H12N2O5/c1-5-7(11(15)16)3-2-6(10-5)9(14)8(13)4-12/h2-3,8-9,12-14H,4H2,1H3. The zero-order chi connectivity index (χ0) is 12.3. The molecule has 1 aromatic rings. The van der Waals surface area contributed by atoms with Crippen LogP contribution in [-0.2, 0) is 0 Å². The lowest BCUT2D eigenvalue weighted by molar-refractivity contribution is -0.385. The predicted octanol–water partition coefficient (Wildman–Crippen LogP) is -0.315. The molecular weight excluding hydrogens is 216 g/mol. The molecule has 0 spiro atoms. The summed E-state index contributed by atoms with van der Waals surface area (Å²) in [6.07, 6.45) is -2.71. The van der Waals surface area contributed by atoms with Crippen LogP contribution in [0.5, 0.6) is 0 Å². The second kappa shape index (κ2) is 4.97. The van der Waals surface area contributed by atoms with E-state index in [-0.39, 0.29) is 17.1 Å². The molecule has 0 saturated heterocycles. The normalized spacial score (nSPS) is 14.5. The summed E-state index contributed by atoms with van der Waals surface area (Å²) in [4.78, 5) is 13.7. The molecule has 1 rings (SSSR count). The Kier molecular flexibility index (Phi) is 3.88. The van der Waals surface area contributed by atoms with Crippen LogP contribution in [0.1, 0.15) is 17.5 Å². The fourth-order valence-corrected chi connectivity index (χ4v) is 1.23. The van der Waals surface area contributed by atoms with Gasteiger partial charge in [0.25, 0.3) is 5.69 Å². The van der Waals surface area contributed by atoms with E-state index >= 15 is 0 Å². The molecule has 1 heterocycles. The van der Waals surface area contributed by atoms with Gasteiger partial charge in [0, 0.05) is 6.07 Å². The Morgan fingerprint density at radius 3 is 2.56 bits per heavy atom. The van der Waals surface area contributed by atoms with Gasteiger partial charge in [-0.1, -0.05) is 0 Å². The van der Waals surface area contributed by atoms with Gasteiger partial charge in [-0.05, 0) is 13.0 Å². The van der Waals surface area contributed by atoms with Crippen molar-refractivity contribution >= 4 is 5.69 Å². The van der Waals surface area contributed by atoms with Crippen LogP contribution in [0.2, 0.25) is 0 Å². The largest absolute Gasteiger partial charge is 0.394 e. The van der Waals surface area contributed by atoms with Crippen LogP contribution < -0.4 is 0 Å². The number of aliphatic hydroxyl groups is 3. The maximum atomic E-state index is 10.5. The summed E-state index contributed by atoms with van der Waals surface area (Å²) < 4.78 is 0. The molecule has 1 aromatic heterocycles. The van der Waals surface area contributed by atoms with E-state index in [1.165, 1.54) is 19.1 Å². The van der Waals surface area contributed by atoms with Crippen LogP contribution in [0.15, 0.2) is 12.1 Å². The number of hydrogen-bond acceptors (Lipinski definition) is 6. The van der Waals surface area contributed by atoms with Gasteiger partial charge in [-0.2, -0.15) is 0 Å². The van der Waals surface area contributed by atoms with Gasteiger partial charge in [-0.15, -0.1) is 0 Å². The van der Waals surface area contributed by atoms with Crippen molar-refractivity contribution in [3.63, 3.8) is 0 Å². The molecule has 7 nitrogen and oxygen atoms in total. The van der Waals surface area contributed by atoms with Gasteiger partial charge < -0.3 is 15.3 Å². The maximum Gasteiger partial charge on any atom is 0.290 e. The molecule has 2 unspecified atom stereocenters. The highest BCUT2D eigenvalue weighted by atomic mass is 16.6. The summed E-state index contributed by atoms with van der Waals surface area (Å²) in [7, 11) is 0. The Bertz CT molecular complexity index is 395. The molecule has 0 bridgehead atoms. The van der Waals surface area contributed by atoms with Crippen molar-refractivity contribution < 1.29 is 20.2 Å². The summed E-state index contributed by atoms with van der Waals surface area (Å²) in [5, 5.41) is 37.8. The van der Waals surface area contributed by atoms with Crippen LogP contribution in [-0.4, -0.2) is 37.9 Å². The lowest BCUT2D eigenvalue weighted by Gasteiger charge is -2.15. The number of aliphatic hydroxyl groups excluding tert-OH is 3. The van der Waals surface area contributed by atoms with E-state index in [1.807, 2.05) is 0 Å². The molecule has 7 heteroatoms. The number of pyridine rings is 1. The smallest absolute Gasteiger partial charge is 0.290 e. The first-order valence-electron chi connectivity index (χ1n) is 4.56. The van der Waals surface area contributed by atoms with Crippen LogP contribution in [0.4, 0.5) is 5.69 Å². The Morgan fingerprint density at radius 1 is 1.50 bits per heavy atom. The average Bonchev–Trinajstić information content (AvgIpc) is 2.26. The van der Waals surface area contributed by atoms with Crippen LogP contribution in [0.3, 0.4) is 0 Å². The summed E-state index contributed by atoms with van der Waals surface area (Å²) in [6.45, 7) is 0.818. The minimum atomic E-state index is -1.36. The highest BCUT2D eigenvalue weighted by Crippen LogP contribution is 2.20. The van der Waals surface area contributed by atoms with Gasteiger partial charge in [-0.25, -0.2) is 4.98 Å². The topological polar surface area (TPSA) is 117 Å². The summed E-state index contributed by atoms with van der Waals surface area (Å²) >= 11 is 0. The van der Waals surface area contributed by atoms with E-state index in [2.05, 4.69) is 4.98 Å². The maximum absolute atomic E-state index is 10.5. The quantitative estimate of drug-likeness (QED) is 0.480. The first kappa shape index (κ1) is 12.5. The van der Waals surface area contributed by atoms with Crippen molar-refractivity contribution in [2.24, 2.45) is 0 Å². The number of rotatable bonds is 4. The Labute approximate surface area is 91.1 Å². The highest BCUT2D eigenvalue weighted by Gasteiger charge is 2.21.